The molecule has 7 aromatic rings. The Kier molecular flexibility index (Phi) is 23.1. The molecule has 1 aliphatic heterocycles. The Labute approximate surface area is 580 Å². The van der Waals surface area contributed by atoms with Gasteiger partial charge in [0.05, 0.1) is 34.0 Å². The van der Waals surface area contributed by atoms with E-state index in [0.29, 0.717) is 28.2 Å². The molecule has 14 nitrogen and oxygen atoms in total. The Morgan fingerprint density at radius 1 is 0.379 bits per heavy atom. The predicted octanol–water partition coefficient (Wildman–Crippen LogP) is 20.0. The summed E-state index contributed by atoms with van der Waals surface area (Å²) in [5, 5.41) is 11.0. The second kappa shape index (κ2) is 29.9. The van der Waals surface area contributed by atoms with Gasteiger partial charge >= 0.3 is 31.5 Å². The third-order valence-corrected chi connectivity index (χ3v) is 18.1. The van der Waals surface area contributed by atoms with Crippen LogP contribution in [0.3, 0.4) is 0 Å². The minimum atomic E-state index is -0.678. The van der Waals surface area contributed by atoms with Crippen molar-refractivity contribution >= 4 is 91.6 Å². The van der Waals surface area contributed by atoms with Crippen LogP contribution in [0.5, 0.6) is 0 Å². The molecule has 0 atom stereocenters. The summed E-state index contributed by atoms with van der Waals surface area (Å²) in [5.41, 5.74) is 16.5. The van der Waals surface area contributed by atoms with E-state index < -0.39 is 65.1 Å². The minimum Gasteiger partial charge on any atom is -0.444 e. The molecule has 4 N–H and O–H groups in total. The Hall–Kier alpha value is -7.44. The number of benzene rings is 7. The van der Waals surface area contributed by atoms with E-state index in [1.807, 2.05) is 81.4 Å². The molecule has 0 radical (unpaired) electrons. The van der Waals surface area contributed by atoms with Gasteiger partial charge in [0.25, 0.3) is 0 Å². The van der Waals surface area contributed by atoms with Crippen LogP contribution in [0.4, 0.5) is 41.9 Å². The molecule has 0 unspecified atom stereocenters. The van der Waals surface area contributed by atoms with Crippen LogP contribution >= 0.6 is 31.9 Å². The van der Waals surface area contributed by atoms with Crippen LogP contribution in [0.2, 0.25) is 0 Å². The van der Waals surface area contributed by atoms with Crippen molar-refractivity contribution in [1.82, 2.24) is 0 Å². The van der Waals surface area contributed by atoms with Crippen LogP contribution in [0.15, 0.2) is 136 Å². The summed E-state index contributed by atoms with van der Waals surface area (Å²) in [7, 11) is -0.625. The molecule has 504 valence electrons. The molecule has 4 amide bonds. The van der Waals surface area contributed by atoms with Crippen LogP contribution in [0.1, 0.15) is 166 Å². The molecule has 0 saturated carbocycles. The summed E-state index contributed by atoms with van der Waals surface area (Å²) in [6, 6.07) is 44.9. The van der Waals surface area contributed by atoms with E-state index in [1.165, 1.54) is 75.7 Å². The Bertz CT molecular complexity index is 3900. The van der Waals surface area contributed by atoms with Gasteiger partial charge in [-0.3, -0.25) is 21.3 Å². The third-order valence-electron chi connectivity index (χ3n) is 16.6. The number of amides is 4. The van der Waals surface area contributed by atoms with Crippen molar-refractivity contribution in [3.63, 3.8) is 0 Å². The average molecular weight is 1420 g/mol. The van der Waals surface area contributed by atoms with Gasteiger partial charge in [-0.1, -0.05) is 123 Å². The van der Waals surface area contributed by atoms with Gasteiger partial charge in [0.1, 0.15) is 22.4 Å². The number of halogens is 2. The highest BCUT2D eigenvalue weighted by Crippen LogP contribution is 2.39. The number of hydrogen-bond acceptors (Lipinski definition) is 10. The summed E-state index contributed by atoms with van der Waals surface area (Å²) >= 11 is 7.39. The minimum absolute atomic E-state index is 0.340. The topological polar surface area (TPSA) is 172 Å². The van der Waals surface area contributed by atoms with Crippen molar-refractivity contribution in [2.75, 3.05) is 21.3 Å². The third kappa shape index (κ3) is 21.3. The number of ether oxygens (including phenoxy) is 4. The molecular formula is C78H95BBr2N4O10. The molecule has 9 aliphatic rings. The summed E-state index contributed by atoms with van der Waals surface area (Å²) in [4.78, 5) is 50.2. The first-order valence-corrected chi connectivity index (χ1v) is 34.3. The number of carbonyl (C=O) groups is 4. The lowest BCUT2D eigenvalue weighted by molar-refractivity contribution is 0.00578. The van der Waals surface area contributed by atoms with Gasteiger partial charge in [0, 0.05) is 8.95 Å². The SMILES string of the molecule is Brc1cc2ccc1CCc1ccc(c(Br)c1)CC2.CC(C)(C)OC(=O)Nc1ccc(B2OC(C)(C)C(C)(C)O2)cc1NC(=O)OC(C)(C)C.Cc1ccc(-c2cc3ccc2CCc2ccc(c(-c4ccc(NC(=O)OC(C)(C)C)c(NC(=O)OC(C)(C)C)c4)c2)CC3)cc1C. The van der Waals surface area contributed by atoms with Crippen molar-refractivity contribution in [3.8, 4) is 22.3 Å². The van der Waals surface area contributed by atoms with Crippen molar-refractivity contribution < 1.29 is 47.4 Å². The lowest BCUT2D eigenvalue weighted by atomic mass is 9.78. The Morgan fingerprint density at radius 3 is 1.08 bits per heavy atom. The maximum Gasteiger partial charge on any atom is 0.494 e. The summed E-state index contributed by atoms with van der Waals surface area (Å²) in [6.45, 7) is 33.7. The van der Waals surface area contributed by atoms with E-state index in [0.717, 1.165) is 62.5 Å². The summed E-state index contributed by atoms with van der Waals surface area (Å²) in [5.74, 6) is 0. The average Bonchev–Trinajstić information content (AvgIpc) is 1.66. The second-order valence-electron chi connectivity index (χ2n) is 29.8. The van der Waals surface area contributed by atoms with Crippen LogP contribution in [0.25, 0.3) is 22.3 Å². The molecule has 16 rings (SSSR count). The van der Waals surface area contributed by atoms with E-state index in [9.17, 15) is 19.2 Å². The summed E-state index contributed by atoms with van der Waals surface area (Å²) in [6.07, 6.45) is 5.45. The molecule has 1 fully saturated rings. The van der Waals surface area contributed by atoms with Gasteiger partial charge in [0.2, 0.25) is 0 Å². The van der Waals surface area contributed by atoms with Gasteiger partial charge in [-0.05, 0) is 296 Å². The molecule has 17 heteroatoms. The highest BCUT2D eigenvalue weighted by Gasteiger charge is 2.52. The first-order valence-electron chi connectivity index (χ1n) is 32.7. The van der Waals surface area contributed by atoms with Crippen molar-refractivity contribution in [1.29, 1.82) is 0 Å². The van der Waals surface area contributed by atoms with Crippen LogP contribution in [-0.4, -0.2) is 65.1 Å². The first-order chi connectivity index (χ1) is 44.2. The molecule has 1 heterocycles. The fourth-order valence-corrected chi connectivity index (χ4v) is 12.2. The second-order valence-corrected chi connectivity index (χ2v) is 31.5. The molecule has 8 bridgehead atoms. The zero-order valence-corrected chi connectivity index (χ0v) is 61.9. The van der Waals surface area contributed by atoms with Crippen molar-refractivity contribution in [2.45, 2.75) is 210 Å². The van der Waals surface area contributed by atoms with Gasteiger partial charge in [-0.15, -0.1) is 0 Å². The molecule has 0 aromatic heterocycles. The number of nitrogens with one attached hydrogen (secondary N) is 4. The zero-order chi connectivity index (χ0) is 69.6. The van der Waals surface area contributed by atoms with Gasteiger partial charge < -0.3 is 28.3 Å². The van der Waals surface area contributed by atoms with E-state index in [2.05, 4.69) is 158 Å². The number of carbonyl (C=O) groups excluding carboxylic acids is 4. The predicted molar refractivity (Wildman–Crippen MR) is 393 cm³/mol. The number of hydrogen-bond donors (Lipinski definition) is 4. The molecular weight excluding hydrogens is 1320 g/mol. The Morgan fingerprint density at radius 2 is 0.705 bits per heavy atom. The van der Waals surface area contributed by atoms with Gasteiger partial charge in [0.15, 0.2) is 0 Å². The standard InChI is InChI=1S/C40H46N2O4.C22H35BN2O6.C16H14Br2/c1-25-9-14-31(21-26(25)2)33-22-27-10-15-29(33)16-11-28-13-18-30(17-12-27)34(23-28)32-19-20-35(41-37(43)45-39(3,4)5)36(24-32)42-38(44)46-40(6,7)8;1-19(2,3)28-17(26)24-15-12-11-14(23-30-21(7,8)22(9,10)31-23)13-16(15)25-18(27)29-20(4,5)6;17-15-9-11-1-5-13(15)8-4-12-2-6-14(7-3-11)16(18)10-12/h9-10,13-15,18-24H,11-12,16-17H2,1-8H3,(H,41,43)(H,42,44);11-13H,1-10H3,(H,24,26)(H,25,27);1-2,5-6,9-10H,3-4,7-8H2. The highest BCUT2D eigenvalue weighted by molar-refractivity contribution is 9.10. The van der Waals surface area contributed by atoms with Gasteiger partial charge in [-0.25, -0.2) is 19.2 Å². The lowest BCUT2D eigenvalue weighted by Crippen LogP contribution is -2.41. The fraction of sp³-hybridized carbons (Fsp3) is 0.410. The molecule has 7 aromatic carbocycles. The largest absolute Gasteiger partial charge is 0.494 e. The van der Waals surface area contributed by atoms with Crippen molar-refractivity contribution in [3.05, 3.63) is 192 Å². The lowest BCUT2D eigenvalue weighted by Gasteiger charge is -2.32. The number of aryl methyl sites for hydroxylation is 10. The van der Waals surface area contributed by atoms with Crippen LogP contribution in [-0.2, 0) is 79.6 Å². The molecule has 8 aliphatic carbocycles. The molecule has 0 spiro atoms. The van der Waals surface area contributed by atoms with Gasteiger partial charge in [-0.2, -0.15) is 0 Å². The molecule has 95 heavy (non-hydrogen) atoms. The van der Waals surface area contributed by atoms with Crippen LogP contribution in [0, 0.1) is 13.8 Å². The maximum atomic E-state index is 12.9. The van der Waals surface area contributed by atoms with E-state index in [1.54, 1.807) is 65.8 Å². The van der Waals surface area contributed by atoms with E-state index >= 15 is 0 Å². The number of rotatable bonds is 7. The smallest absolute Gasteiger partial charge is 0.444 e. The monoisotopic (exact) mass is 1420 g/mol. The first kappa shape index (κ1) is 73.4. The molecule has 1 saturated heterocycles. The zero-order valence-electron chi connectivity index (χ0n) is 58.7. The fourth-order valence-electron chi connectivity index (χ4n) is 10.9. The quantitative estimate of drug-likeness (QED) is 0.0889. The Balaban J connectivity index is 0.000000202. The highest BCUT2D eigenvalue weighted by atomic mass is 79.9. The van der Waals surface area contributed by atoms with E-state index in [4.69, 9.17) is 28.3 Å². The van der Waals surface area contributed by atoms with Crippen molar-refractivity contribution in [2.24, 2.45) is 0 Å². The summed E-state index contributed by atoms with van der Waals surface area (Å²) < 4.78 is 36.4. The maximum absolute atomic E-state index is 12.9. The normalized spacial score (nSPS) is 14.8. The van der Waals surface area contributed by atoms with E-state index in [-0.39, 0.29) is 0 Å². The number of anilines is 4. The van der Waals surface area contributed by atoms with Crippen LogP contribution < -0.4 is 26.7 Å².